The molecule has 0 unspecified atom stereocenters. The molecule has 0 heterocycles. The fraction of sp³-hybridized carbons (Fsp3) is 0.333. The van der Waals surface area contributed by atoms with E-state index in [1.807, 2.05) is 0 Å². The minimum atomic E-state index is -0.274. The zero-order valence-electron chi connectivity index (χ0n) is 7.54. The number of halogens is 3. The minimum Gasteiger partial charge on any atom is -0.330 e. The molecule has 0 saturated carbocycles. The van der Waals surface area contributed by atoms with Crippen LogP contribution in [0.2, 0.25) is 0 Å². The Morgan fingerprint density at radius 3 is 2.57 bits per heavy atom. The molecule has 5 heteroatoms. The Morgan fingerprint density at radius 2 is 2.07 bits per heavy atom. The quantitative estimate of drug-likeness (QED) is 0.895. The summed E-state index contributed by atoms with van der Waals surface area (Å²) in [5.74, 6) is -0.274. The van der Waals surface area contributed by atoms with E-state index >= 15 is 0 Å². The maximum Gasteiger partial charge on any atom is 0.137 e. The molecular formula is C9H13BrClFN2. The summed E-state index contributed by atoms with van der Waals surface area (Å²) in [4.78, 5) is 0. The van der Waals surface area contributed by atoms with Crippen molar-refractivity contribution >= 4 is 28.3 Å². The van der Waals surface area contributed by atoms with Crippen molar-refractivity contribution in [1.29, 1.82) is 0 Å². The summed E-state index contributed by atoms with van der Waals surface area (Å²) in [6.45, 7) is 0.538. The summed E-state index contributed by atoms with van der Waals surface area (Å²) >= 11 is 3.10. The van der Waals surface area contributed by atoms with Crippen molar-refractivity contribution in [2.75, 3.05) is 6.54 Å². The van der Waals surface area contributed by atoms with Gasteiger partial charge in [-0.05, 0) is 46.6 Å². The predicted molar refractivity (Wildman–Crippen MR) is 61.9 cm³/mol. The normalized spacial score (nSPS) is 12.0. The summed E-state index contributed by atoms with van der Waals surface area (Å²) in [5, 5.41) is 0. The Bertz CT molecular complexity index is 296. The standard InChI is InChI=1S/C9H12BrFN2.ClH/c10-7-5-6(1-2-8(7)11)9(13)3-4-12;/h1-2,5,9H,3-4,12-13H2;1H/t9-;/m0./s1. The molecule has 0 aliphatic rings. The second-order valence-corrected chi connectivity index (χ2v) is 3.71. The van der Waals surface area contributed by atoms with Gasteiger partial charge in [0.25, 0.3) is 0 Å². The van der Waals surface area contributed by atoms with Crippen LogP contribution < -0.4 is 11.5 Å². The second-order valence-electron chi connectivity index (χ2n) is 2.86. The lowest BCUT2D eigenvalue weighted by Gasteiger charge is -2.10. The van der Waals surface area contributed by atoms with Crippen LogP contribution in [-0.2, 0) is 0 Å². The molecule has 0 spiro atoms. The SMILES string of the molecule is Cl.NCC[C@H](N)c1ccc(F)c(Br)c1. The third kappa shape index (κ3) is 3.53. The molecule has 0 bridgehead atoms. The van der Waals surface area contributed by atoms with Gasteiger partial charge in [0.15, 0.2) is 0 Å². The van der Waals surface area contributed by atoms with Crippen LogP contribution in [0.5, 0.6) is 0 Å². The van der Waals surface area contributed by atoms with Gasteiger partial charge in [0.2, 0.25) is 0 Å². The van der Waals surface area contributed by atoms with Crippen LogP contribution in [0.4, 0.5) is 4.39 Å². The first-order chi connectivity index (χ1) is 6.15. The Hall–Kier alpha value is -0.160. The highest BCUT2D eigenvalue weighted by Gasteiger charge is 2.07. The number of nitrogens with two attached hydrogens (primary N) is 2. The number of benzene rings is 1. The molecule has 2 nitrogen and oxygen atoms in total. The molecule has 1 aromatic carbocycles. The van der Waals surface area contributed by atoms with E-state index < -0.39 is 0 Å². The first-order valence-electron chi connectivity index (χ1n) is 4.05. The maximum absolute atomic E-state index is 12.8. The van der Waals surface area contributed by atoms with Gasteiger partial charge in [0.1, 0.15) is 5.82 Å². The van der Waals surface area contributed by atoms with E-state index in [2.05, 4.69) is 15.9 Å². The molecule has 0 aliphatic heterocycles. The summed E-state index contributed by atoms with van der Waals surface area (Å²) in [7, 11) is 0. The molecule has 1 rings (SSSR count). The summed E-state index contributed by atoms with van der Waals surface area (Å²) in [5.41, 5.74) is 12.1. The first kappa shape index (κ1) is 13.8. The van der Waals surface area contributed by atoms with Crippen molar-refractivity contribution in [2.45, 2.75) is 12.5 Å². The highest BCUT2D eigenvalue weighted by atomic mass is 79.9. The monoisotopic (exact) mass is 282 g/mol. The van der Waals surface area contributed by atoms with E-state index in [0.717, 1.165) is 5.56 Å². The van der Waals surface area contributed by atoms with Gasteiger partial charge >= 0.3 is 0 Å². The maximum atomic E-state index is 12.8. The van der Waals surface area contributed by atoms with E-state index in [1.165, 1.54) is 6.07 Å². The lowest BCUT2D eigenvalue weighted by atomic mass is 10.1. The predicted octanol–water partition coefficient (Wildman–Crippen LogP) is 2.36. The number of rotatable bonds is 3. The average Bonchev–Trinajstić information content (AvgIpc) is 2.10. The van der Waals surface area contributed by atoms with Crippen molar-refractivity contribution in [1.82, 2.24) is 0 Å². The van der Waals surface area contributed by atoms with Gasteiger partial charge in [-0.25, -0.2) is 4.39 Å². The second kappa shape index (κ2) is 6.35. The molecule has 0 fully saturated rings. The average molecular weight is 284 g/mol. The van der Waals surface area contributed by atoms with Crippen LogP contribution in [0.25, 0.3) is 0 Å². The van der Waals surface area contributed by atoms with E-state index in [0.29, 0.717) is 17.4 Å². The summed E-state index contributed by atoms with van der Waals surface area (Å²) < 4.78 is 13.3. The Morgan fingerprint density at radius 1 is 1.43 bits per heavy atom. The summed E-state index contributed by atoms with van der Waals surface area (Å²) in [6.07, 6.45) is 0.706. The number of hydrogen-bond acceptors (Lipinski definition) is 2. The zero-order valence-corrected chi connectivity index (χ0v) is 9.94. The number of hydrogen-bond donors (Lipinski definition) is 2. The van der Waals surface area contributed by atoms with Gasteiger partial charge in [0.05, 0.1) is 4.47 Å². The van der Waals surface area contributed by atoms with Crippen LogP contribution in [0.3, 0.4) is 0 Å². The third-order valence-electron chi connectivity index (χ3n) is 1.85. The van der Waals surface area contributed by atoms with Crippen molar-refractivity contribution in [3.8, 4) is 0 Å². The topological polar surface area (TPSA) is 52.0 Å². The molecule has 14 heavy (non-hydrogen) atoms. The van der Waals surface area contributed by atoms with Gasteiger partial charge in [-0.2, -0.15) is 0 Å². The molecule has 0 radical (unpaired) electrons. The van der Waals surface area contributed by atoms with E-state index in [9.17, 15) is 4.39 Å². The van der Waals surface area contributed by atoms with Gasteiger partial charge < -0.3 is 11.5 Å². The van der Waals surface area contributed by atoms with Crippen molar-refractivity contribution < 1.29 is 4.39 Å². The summed E-state index contributed by atoms with van der Waals surface area (Å²) in [6, 6.07) is 4.66. The third-order valence-corrected chi connectivity index (χ3v) is 2.46. The largest absolute Gasteiger partial charge is 0.330 e. The fourth-order valence-corrected chi connectivity index (χ4v) is 1.49. The molecular weight excluding hydrogens is 270 g/mol. The van der Waals surface area contributed by atoms with Crippen molar-refractivity contribution in [3.05, 3.63) is 34.1 Å². The molecule has 0 aliphatic carbocycles. The van der Waals surface area contributed by atoms with Crippen LogP contribution in [-0.4, -0.2) is 6.54 Å². The Labute approximate surface area is 97.4 Å². The first-order valence-corrected chi connectivity index (χ1v) is 4.85. The van der Waals surface area contributed by atoms with Crippen molar-refractivity contribution in [2.24, 2.45) is 11.5 Å². The van der Waals surface area contributed by atoms with Gasteiger partial charge in [0, 0.05) is 6.04 Å². The fourth-order valence-electron chi connectivity index (χ4n) is 1.09. The van der Waals surface area contributed by atoms with Gasteiger partial charge in [-0.15, -0.1) is 12.4 Å². The molecule has 1 atom stereocenters. The van der Waals surface area contributed by atoms with Crippen LogP contribution >= 0.6 is 28.3 Å². The smallest absolute Gasteiger partial charge is 0.137 e. The molecule has 80 valence electrons. The van der Waals surface area contributed by atoms with E-state index in [1.54, 1.807) is 12.1 Å². The molecule has 1 aromatic rings. The molecule has 0 amide bonds. The minimum absolute atomic E-state index is 0. The lowest BCUT2D eigenvalue weighted by molar-refractivity contribution is 0.614. The van der Waals surface area contributed by atoms with E-state index in [4.69, 9.17) is 11.5 Å². The van der Waals surface area contributed by atoms with Crippen LogP contribution in [0.15, 0.2) is 22.7 Å². The van der Waals surface area contributed by atoms with Gasteiger partial charge in [-0.3, -0.25) is 0 Å². The molecule has 0 saturated heterocycles. The van der Waals surface area contributed by atoms with Crippen molar-refractivity contribution in [3.63, 3.8) is 0 Å². The highest BCUT2D eigenvalue weighted by Crippen LogP contribution is 2.21. The highest BCUT2D eigenvalue weighted by molar-refractivity contribution is 9.10. The zero-order chi connectivity index (χ0) is 9.84. The molecule has 4 N–H and O–H groups in total. The van der Waals surface area contributed by atoms with Gasteiger partial charge in [-0.1, -0.05) is 6.07 Å². The van der Waals surface area contributed by atoms with Crippen LogP contribution in [0, 0.1) is 5.82 Å². The van der Waals surface area contributed by atoms with Crippen LogP contribution in [0.1, 0.15) is 18.0 Å². The Kier molecular flexibility index (Phi) is 6.27. The molecule has 0 aromatic heterocycles. The van der Waals surface area contributed by atoms with E-state index in [-0.39, 0.29) is 24.3 Å². The lowest BCUT2D eigenvalue weighted by Crippen LogP contribution is -2.15. The Balaban J connectivity index is 0.00000169.